The number of likely N-dealkylation sites (tertiary alicyclic amines) is 2. The lowest BCUT2D eigenvalue weighted by atomic mass is 9.70. The van der Waals surface area contributed by atoms with E-state index in [1.807, 2.05) is 12.4 Å². The number of carbonyl (C=O) groups is 1. The second-order valence-electron chi connectivity index (χ2n) is 12.1. The van der Waals surface area contributed by atoms with E-state index < -0.39 is 12.0 Å². The molecule has 41 heavy (non-hydrogen) atoms. The van der Waals surface area contributed by atoms with Gasteiger partial charge in [0, 0.05) is 50.0 Å². The number of benzene rings is 1. The van der Waals surface area contributed by atoms with Crippen molar-refractivity contribution < 1.29 is 9.90 Å². The Balaban J connectivity index is 1.27. The third kappa shape index (κ3) is 6.74. The number of rotatable bonds is 13. The first-order valence-electron chi connectivity index (χ1n) is 15.4. The maximum Gasteiger partial charge on any atom is 0.320 e. The zero-order valence-corrected chi connectivity index (χ0v) is 24.9. The summed E-state index contributed by atoms with van der Waals surface area (Å²) < 4.78 is 0. The zero-order valence-electron chi connectivity index (χ0n) is 24.9. The van der Waals surface area contributed by atoms with Crippen molar-refractivity contribution in [1.82, 2.24) is 34.6 Å². The molecule has 5 rings (SSSR count). The molecule has 1 spiro atoms. The van der Waals surface area contributed by atoms with Crippen LogP contribution in [0.1, 0.15) is 82.1 Å². The van der Waals surface area contributed by atoms with Gasteiger partial charge in [-0.3, -0.25) is 14.6 Å². The van der Waals surface area contributed by atoms with E-state index in [9.17, 15) is 9.90 Å². The SMILES string of the molecule is CCC(CC)N1CCC2(CC1)C[C@H](C(=O)O)N(Cc1ccc(CN(Cc3ncc[nH]3)Cc3ncc[nH]3)cc1)C2CC. The highest BCUT2D eigenvalue weighted by atomic mass is 16.4. The summed E-state index contributed by atoms with van der Waals surface area (Å²) in [5.74, 6) is 1.17. The number of nitrogens with one attached hydrogen (secondary N) is 2. The zero-order chi connectivity index (χ0) is 28.8. The van der Waals surface area contributed by atoms with E-state index >= 15 is 0 Å². The number of H-pyrrole nitrogens is 2. The van der Waals surface area contributed by atoms with Crippen LogP contribution in [0.2, 0.25) is 0 Å². The number of nitrogens with zero attached hydrogens (tertiary/aromatic N) is 5. The fraction of sp³-hybridized carbons (Fsp3) is 0.594. The van der Waals surface area contributed by atoms with Crippen molar-refractivity contribution in [3.05, 3.63) is 71.8 Å². The van der Waals surface area contributed by atoms with E-state index in [0.717, 1.165) is 57.0 Å². The van der Waals surface area contributed by atoms with Crippen LogP contribution in [0, 0.1) is 5.41 Å². The predicted octanol–water partition coefficient (Wildman–Crippen LogP) is 5.04. The summed E-state index contributed by atoms with van der Waals surface area (Å²) in [4.78, 5) is 35.0. The Morgan fingerprint density at radius 1 is 0.976 bits per heavy atom. The molecule has 3 aromatic rings. The molecular formula is C32H47N7O2. The van der Waals surface area contributed by atoms with Crippen molar-refractivity contribution in [2.75, 3.05) is 13.1 Å². The minimum atomic E-state index is -0.675. The average molecular weight is 562 g/mol. The van der Waals surface area contributed by atoms with Crippen molar-refractivity contribution in [2.24, 2.45) is 5.41 Å². The van der Waals surface area contributed by atoms with E-state index in [0.29, 0.717) is 31.7 Å². The molecule has 0 bridgehead atoms. The van der Waals surface area contributed by atoms with Crippen LogP contribution in [-0.2, 0) is 31.0 Å². The number of carboxylic acids is 1. The van der Waals surface area contributed by atoms with Crippen LogP contribution < -0.4 is 0 Å². The third-order valence-electron chi connectivity index (χ3n) is 9.68. The molecule has 2 aliphatic rings. The molecule has 0 aliphatic carbocycles. The summed E-state index contributed by atoms with van der Waals surface area (Å²) in [6, 6.07) is 9.25. The fourth-order valence-electron chi connectivity index (χ4n) is 7.58. The summed E-state index contributed by atoms with van der Waals surface area (Å²) in [7, 11) is 0. The normalized spacial score (nSPS) is 21.4. The van der Waals surface area contributed by atoms with Gasteiger partial charge >= 0.3 is 5.97 Å². The van der Waals surface area contributed by atoms with E-state index in [1.165, 1.54) is 24.0 Å². The van der Waals surface area contributed by atoms with E-state index in [-0.39, 0.29) is 5.41 Å². The standard InChI is InChI=1S/C32H47N7O2/c1-4-26(5-2)38-17-11-32(12-18-38)19-27(31(40)41)39(28(32)6-3)21-25-9-7-24(8-10-25)20-37(22-29-33-13-14-34-29)23-30-35-15-16-36-30/h7-10,13-16,26-28H,4-6,11-12,17-23H2,1-3H3,(H,33,34)(H,35,36)(H,40,41)/t27-,28?/m1/s1. The molecule has 0 amide bonds. The molecule has 2 aromatic heterocycles. The molecule has 2 fully saturated rings. The second kappa shape index (κ2) is 13.3. The van der Waals surface area contributed by atoms with Gasteiger partial charge in [-0.2, -0.15) is 0 Å². The molecule has 2 atom stereocenters. The Morgan fingerprint density at radius 2 is 1.56 bits per heavy atom. The first-order valence-corrected chi connectivity index (χ1v) is 15.4. The van der Waals surface area contributed by atoms with Crippen LogP contribution in [0.3, 0.4) is 0 Å². The Hall–Kier alpha value is -3.01. The lowest BCUT2D eigenvalue weighted by molar-refractivity contribution is -0.142. The number of aromatic nitrogens is 4. The summed E-state index contributed by atoms with van der Waals surface area (Å²) in [6.45, 7) is 11.8. The Morgan fingerprint density at radius 3 is 2.05 bits per heavy atom. The Bertz CT molecular complexity index is 1160. The first-order chi connectivity index (χ1) is 19.9. The number of hydrogen-bond acceptors (Lipinski definition) is 6. The van der Waals surface area contributed by atoms with Gasteiger partial charge in [0.2, 0.25) is 0 Å². The van der Waals surface area contributed by atoms with Crippen molar-refractivity contribution in [2.45, 2.75) is 104 Å². The highest BCUT2D eigenvalue weighted by Crippen LogP contribution is 2.50. The Labute approximate surface area is 244 Å². The fourth-order valence-corrected chi connectivity index (χ4v) is 7.58. The van der Waals surface area contributed by atoms with Gasteiger partial charge in [0.25, 0.3) is 0 Å². The summed E-state index contributed by atoms with van der Waals surface area (Å²) >= 11 is 0. The van der Waals surface area contributed by atoms with Crippen molar-refractivity contribution in [3.63, 3.8) is 0 Å². The number of hydrogen-bond donors (Lipinski definition) is 3. The molecule has 0 saturated carbocycles. The van der Waals surface area contributed by atoms with Crippen molar-refractivity contribution in [1.29, 1.82) is 0 Å². The Kier molecular flexibility index (Phi) is 9.57. The van der Waals surface area contributed by atoms with E-state index in [4.69, 9.17) is 0 Å². The summed E-state index contributed by atoms with van der Waals surface area (Å²) in [5.41, 5.74) is 2.48. The van der Waals surface area contributed by atoms with Gasteiger partial charge in [-0.25, -0.2) is 9.97 Å². The smallest absolute Gasteiger partial charge is 0.320 e. The van der Waals surface area contributed by atoms with Gasteiger partial charge in [-0.15, -0.1) is 0 Å². The number of carboxylic acid groups (broad SMARTS) is 1. The number of aliphatic carboxylic acids is 1. The highest BCUT2D eigenvalue weighted by Gasteiger charge is 2.54. The van der Waals surface area contributed by atoms with Crippen LogP contribution in [0.25, 0.3) is 0 Å². The molecule has 1 unspecified atom stereocenters. The minimum absolute atomic E-state index is 0.0957. The first kappa shape index (κ1) is 29.5. The van der Waals surface area contributed by atoms with E-state index in [1.54, 1.807) is 12.4 Å². The molecule has 2 saturated heterocycles. The molecule has 3 N–H and O–H groups in total. The predicted molar refractivity (Wildman–Crippen MR) is 160 cm³/mol. The lowest BCUT2D eigenvalue weighted by Crippen LogP contribution is -2.49. The van der Waals surface area contributed by atoms with Crippen LogP contribution >= 0.6 is 0 Å². The van der Waals surface area contributed by atoms with Crippen LogP contribution in [-0.4, -0.2) is 76.9 Å². The lowest BCUT2D eigenvalue weighted by Gasteiger charge is -2.46. The maximum absolute atomic E-state index is 12.5. The number of aromatic amines is 2. The van der Waals surface area contributed by atoms with Gasteiger partial charge in [0.15, 0.2) is 0 Å². The van der Waals surface area contributed by atoms with Crippen LogP contribution in [0.15, 0.2) is 49.1 Å². The van der Waals surface area contributed by atoms with Gasteiger partial charge in [0.1, 0.15) is 17.7 Å². The molecule has 2 aliphatic heterocycles. The largest absolute Gasteiger partial charge is 0.480 e. The molecule has 9 heteroatoms. The van der Waals surface area contributed by atoms with Crippen LogP contribution in [0.5, 0.6) is 0 Å². The molecule has 4 heterocycles. The van der Waals surface area contributed by atoms with Gasteiger partial charge in [0.05, 0.1) is 13.1 Å². The third-order valence-corrected chi connectivity index (χ3v) is 9.68. The van der Waals surface area contributed by atoms with Gasteiger partial charge < -0.3 is 20.0 Å². The molecule has 9 nitrogen and oxygen atoms in total. The average Bonchev–Trinajstić information content (AvgIpc) is 3.74. The molecular weight excluding hydrogens is 514 g/mol. The monoisotopic (exact) mass is 561 g/mol. The number of piperidine rings is 1. The van der Waals surface area contributed by atoms with Gasteiger partial charge in [-0.1, -0.05) is 45.0 Å². The topological polar surface area (TPSA) is 104 Å². The quantitative estimate of drug-likeness (QED) is 0.268. The summed E-state index contributed by atoms with van der Waals surface area (Å²) in [5, 5.41) is 10.3. The molecule has 0 radical (unpaired) electrons. The van der Waals surface area contributed by atoms with E-state index in [2.05, 4.69) is 79.7 Å². The van der Waals surface area contributed by atoms with Crippen molar-refractivity contribution in [3.8, 4) is 0 Å². The summed E-state index contributed by atoms with van der Waals surface area (Å²) in [6.07, 6.45) is 13.6. The number of imidazole rings is 2. The minimum Gasteiger partial charge on any atom is -0.480 e. The van der Waals surface area contributed by atoms with Crippen LogP contribution in [0.4, 0.5) is 0 Å². The highest BCUT2D eigenvalue weighted by molar-refractivity contribution is 5.74. The van der Waals surface area contributed by atoms with Crippen molar-refractivity contribution >= 4 is 5.97 Å². The second-order valence-corrected chi connectivity index (χ2v) is 12.1. The molecule has 1 aromatic carbocycles. The maximum atomic E-state index is 12.5. The molecule has 222 valence electrons. The van der Waals surface area contributed by atoms with Gasteiger partial charge in [-0.05, 0) is 68.2 Å².